The molecular formula is C15H30N2O. The summed E-state index contributed by atoms with van der Waals surface area (Å²) in [5.74, 6) is 0. The molecule has 0 aromatic rings. The summed E-state index contributed by atoms with van der Waals surface area (Å²) in [4.78, 5) is 2.71. The van der Waals surface area contributed by atoms with Crippen molar-refractivity contribution in [1.82, 2.24) is 4.90 Å². The minimum absolute atomic E-state index is 0.220. The van der Waals surface area contributed by atoms with Crippen LogP contribution in [-0.2, 0) is 4.74 Å². The van der Waals surface area contributed by atoms with Crippen LogP contribution in [0.25, 0.3) is 0 Å². The molecule has 0 radical (unpaired) electrons. The molecule has 2 N–H and O–H groups in total. The van der Waals surface area contributed by atoms with Crippen molar-refractivity contribution in [2.45, 2.75) is 76.5 Å². The smallest absolute Gasteiger partial charge is 0.0593 e. The van der Waals surface area contributed by atoms with E-state index in [1.165, 1.54) is 38.6 Å². The van der Waals surface area contributed by atoms with Crippen LogP contribution in [0.1, 0.15) is 58.8 Å². The predicted octanol–water partition coefficient (Wildman–Crippen LogP) is 2.54. The molecule has 0 amide bonds. The van der Waals surface area contributed by atoms with Crippen LogP contribution in [0.4, 0.5) is 0 Å². The molecule has 0 aromatic carbocycles. The number of ether oxygens (including phenoxy) is 1. The normalized spacial score (nSPS) is 38.8. The lowest BCUT2D eigenvalue weighted by atomic mass is 9.81. The van der Waals surface area contributed by atoms with Crippen LogP contribution in [-0.4, -0.2) is 42.3 Å². The minimum Gasteiger partial charge on any atom is -0.378 e. The fraction of sp³-hybridized carbons (Fsp3) is 1.00. The monoisotopic (exact) mass is 254 g/mol. The standard InChI is InChI=1S/C15H30N2O/c1-3-6-14-11-15(12-16,8-10-18-14)17-9-5-4-7-13(17)2/h13-14H,3-12,16H2,1-2H3. The maximum Gasteiger partial charge on any atom is 0.0593 e. The first-order chi connectivity index (χ1) is 8.72. The van der Waals surface area contributed by atoms with Gasteiger partial charge in [-0.15, -0.1) is 0 Å². The molecule has 106 valence electrons. The third-order valence-corrected chi connectivity index (χ3v) is 4.93. The zero-order valence-corrected chi connectivity index (χ0v) is 12.2. The van der Waals surface area contributed by atoms with Crippen LogP contribution in [0.3, 0.4) is 0 Å². The molecule has 0 saturated carbocycles. The van der Waals surface area contributed by atoms with E-state index in [-0.39, 0.29) is 5.54 Å². The molecule has 2 aliphatic heterocycles. The summed E-state index contributed by atoms with van der Waals surface area (Å²) in [6, 6.07) is 0.697. The molecule has 3 heteroatoms. The summed E-state index contributed by atoms with van der Waals surface area (Å²) in [7, 11) is 0. The van der Waals surface area contributed by atoms with E-state index in [1.807, 2.05) is 0 Å². The van der Waals surface area contributed by atoms with Gasteiger partial charge in [-0.1, -0.05) is 19.8 Å². The number of piperidine rings is 1. The van der Waals surface area contributed by atoms with Gasteiger partial charge in [0.2, 0.25) is 0 Å². The van der Waals surface area contributed by atoms with Gasteiger partial charge in [-0.05, 0) is 45.6 Å². The molecule has 2 saturated heterocycles. The Morgan fingerprint density at radius 1 is 1.39 bits per heavy atom. The van der Waals surface area contributed by atoms with Crippen molar-refractivity contribution in [2.24, 2.45) is 5.73 Å². The number of nitrogens with two attached hydrogens (primary N) is 1. The van der Waals surface area contributed by atoms with E-state index < -0.39 is 0 Å². The van der Waals surface area contributed by atoms with Crippen molar-refractivity contribution in [1.29, 1.82) is 0 Å². The van der Waals surface area contributed by atoms with Crippen molar-refractivity contribution < 1.29 is 4.74 Å². The Morgan fingerprint density at radius 3 is 2.89 bits per heavy atom. The Hall–Kier alpha value is -0.120. The van der Waals surface area contributed by atoms with Gasteiger partial charge in [0.05, 0.1) is 6.10 Å². The lowest BCUT2D eigenvalue weighted by Crippen LogP contribution is -2.62. The third-order valence-electron chi connectivity index (χ3n) is 4.93. The first kappa shape index (κ1) is 14.3. The molecule has 0 aromatic heterocycles. The summed E-state index contributed by atoms with van der Waals surface area (Å²) in [6.07, 6.45) is 9.14. The van der Waals surface area contributed by atoms with E-state index in [9.17, 15) is 0 Å². The molecule has 2 rings (SSSR count). The molecule has 3 atom stereocenters. The average Bonchev–Trinajstić information content (AvgIpc) is 2.40. The van der Waals surface area contributed by atoms with Crippen molar-refractivity contribution >= 4 is 0 Å². The van der Waals surface area contributed by atoms with Gasteiger partial charge >= 0.3 is 0 Å². The van der Waals surface area contributed by atoms with Crippen molar-refractivity contribution in [2.75, 3.05) is 19.7 Å². The van der Waals surface area contributed by atoms with Gasteiger partial charge in [-0.25, -0.2) is 0 Å². The van der Waals surface area contributed by atoms with E-state index in [0.717, 1.165) is 26.0 Å². The zero-order chi connectivity index (χ0) is 13.0. The first-order valence-corrected chi connectivity index (χ1v) is 7.80. The first-order valence-electron chi connectivity index (χ1n) is 7.80. The summed E-state index contributed by atoms with van der Waals surface area (Å²) < 4.78 is 5.92. The second-order valence-electron chi connectivity index (χ2n) is 6.20. The van der Waals surface area contributed by atoms with Gasteiger partial charge in [0, 0.05) is 24.7 Å². The second-order valence-corrected chi connectivity index (χ2v) is 6.20. The molecule has 2 fully saturated rings. The lowest BCUT2D eigenvalue weighted by molar-refractivity contribution is -0.0909. The van der Waals surface area contributed by atoms with Crippen molar-refractivity contribution in [3.05, 3.63) is 0 Å². The van der Waals surface area contributed by atoms with Gasteiger partial charge in [0.25, 0.3) is 0 Å². The molecule has 0 bridgehead atoms. The van der Waals surface area contributed by atoms with E-state index in [0.29, 0.717) is 12.1 Å². The van der Waals surface area contributed by atoms with Gasteiger partial charge in [0.1, 0.15) is 0 Å². The van der Waals surface area contributed by atoms with Crippen molar-refractivity contribution in [3.63, 3.8) is 0 Å². The number of rotatable bonds is 4. The van der Waals surface area contributed by atoms with E-state index in [2.05, 4.69) is 18.7 Å². The Bertz CT molecular complexity index is 257. The van der Waals surface area contributed by atoms with E-state index in [1.54, 1.807) is 0 Å². The number of hydrogen-bond acceptors (Lipinski definition) is 3. The molecule has 18 heavy (non-hydrogen) atoms. The molecule has 2 aliphatic rings. The zero-order valence-electron chi connectivity index (χ0n) is 12.2. The Labute approximate surface area is 112 Å². The highest BCUT2D eigenvalue weighted by Gasteiger charge is 2.42. The van der Waals surface area contributed by atoms with Crippen molar-refractivity contribution in [3.8, 4) is 0 Å². The largest absolute Gasteiger partial charge is 0.378 e. The van der Waals surface area contributed by atoms with Crippen LogP contribution < -0.4 is 5.73 Å². The second kappa shape index (κ2) is 6.36. The van der Waals surface area contributed by atoms with Crippen LogP contribution in [0.5, 0.6) is 0 Å². The van der Waals surface area contributed by atoms with Gasteiger partial charge in [-0.2, -0.15) is 0 Å². The Balaban J connectivity index is 2.08. The highest BCUT2D eigenvalue weighted by atomic mass is 16.5. The molecule has 3 nitrogen and oxygen atoms in total. The Morgan fingerprint density at radius 2 is 2.22 bits per heavy atom. The molecule has 0 spiro atoms. The average molecular weight is 254 g/mol. The summed E-state index contributed by atoms with van der Waals surface area (Å²) in [6.45, 7) is 7.54. The molecule has 3 unspecified atom stereocenters. The third kappa shape index (κ3) is 2.89. The van der Waals surface area contributed by atoms with Gasteiger partial charge in [0.15, 0.2) is 0 Å². The predicted molar refractivity (Wildman–Crippen MR) is 75.7 cm³/mol. The van der Waals surface area contributed by atoms with Gasteiger partial charge < -0.3 is 10.5 Å². The summed E-state index contributed by atoms with van der Waals surface area (Å²) in [5, 5.41) is 0. The lowest BCUT2D eigenvalue weighted by Gasteiger charge is -2.52. The molecule has 2 heterocycles. The topological polar surface area (TPSA) is 38.5 Å². The van der Waals surface area contributed by atoms with Crippen LogP contribution in [0.15, 0.2) is 0 Å². The van der Waals surface area contributed by atoms with E-state index >= 15 is 0 Å². The quantitative estimate of drug-likeness (QED) is 0.838. The van der Waals surface area contributed by atoms with Crippen LogP contribution >= 0.6 is 0 Å². The van der Waals surface area contributed by atoms with Crippen LogP contribution in [0.2, 0.25) is 0 Å². The summed E-state index contributed by atoms with van der Waals surface area (Å²) >= 11 is 0. The maximum absolute atomic E-state index is 6.19. The number of nitrogens with zero attached hydrogens (tertiary/aromatic N) is 1. The van der Waals surface area contributed by atoms with Gasteiger partial charge in [-0.3, -0.25) is 4.90 Å². The number of hydrogen-bond donors (Lipinski definition) is 1. The fourth-order valence-corrected chi connectivity index (χ4v) is 3.87. The SMILES string of the molecule is CCCC1CC(CN)(N2CCCCC2C)CCO1. The summed E-state index contributed by atoms with van der Waals surface area (Å²) in [5.41, 5.74) is 6.41. The minimum atomic E-state index is 0.220. The fourth-order valence-electron chi connectivity index (χ4n) is 3.87. The molecule has 0 aliphatic carbocycles. The highest BCUT2D eigenvalue weighted by molar-refractivity contribution is 4.99. The van der Waals surface area contributed by atoms with Crippen LogP contribution in [0, 0.1) is 0 Å². The Kier molecular flexibility index (Phi) is 5.05. The number of likely N-dealkylation sites (tertiary alicyclic amines) is 1. The molecular weight excluding hydrogens is 224 g/mol. The highest BCUT2D eigenvalue weighted by Crippen LogP contribution is 2.36. The maximum atomic E-state index is 6.19. The van der Waals surface area contributed by atoms with E-state index in [4.69, 9.17) is 10.5 Å².